The number of anilines is 1. The van der Waals surface area contributed by atoms with Crippen LogP contribution >= 0.6 is 0 Å². The van der Waals surface area contributed by atoms with Gasteiger partial charge in [-0.15, -0.1) is 0 Å². The van der Waals surface area contributed by atoms with Crippen LogP contribution < -0.4 is 15.8 Å². The number of carbonyl (C=O) groups excluding carboxylic acids is 1. The molecule has 0 spiro atoms. The summed E-state index contributed by atoms with van der Waals surface area (Å²) in [7, 11) is 3.99. The van der Waals surface area contributed by atoms with Crippen molar-refractivity contribution in [3.63, 3.8) is 0 Å². The smallest absolute Gasteiger partial charge is 0.240 e. The zero-order valence-corrected chi connectivity index (χ0v) is 11.1. The molecule has 18 heavy (non-hydrogen) atoms. The van der Waals surface area contributed by atoms with Crippen molar-refractivity contribution in [2.45, 2.75) is 13.0 Å². The van der Waals surface area contributed by atoms with Crippen molar-refractivity contribution >= 4 is 11.6 Å². The lowest BCUT2D eigenvalue weighted by Crippen LogP contribution is -2.32. The van der Waals surface area contributed by atoms with E-state index in [1.165, 1.54) is 0 Å². The van der Waals surface area contributed by atoms with Crippen LogP contribution in [0, 0.1) is 0 Å². The number of likely N-dealkylation sites (N-methyl/N-ethyl adjacent to an activating group) is 1. The Morgan fingerprint density at radius 3 is 2.50 bits per heavy atom. The van der Waals surface area contributed by atoms with Crippen molar-refractivity contribution in [1.82, 2.24) is 4.90 Å². The first-order chi connectivity index (χ1) is 8.49. The fraction of sp³-hybridized carbons (Fsp3) is 0.462. The second kappa shape index (κ2) is 6.98. The van der Waals surface area contributed by atoms with Gasteiger partial charge >= 0.3 is 0 Å². The summed E-state index contributed by atoms with van der Waals surface area (Å²) in [4.78, 5) is 13.4. The third-order valence-electron chi connectivity index (χ3n) is 2.34. The molecule has 0 bridgehead atoms. The maximum atomic E-state index is 11.4. The first-order valence-electron chi connectivity index (χ1n) is 5.93. The minimum atomic E-state index is -0.513. The summed E-state index contributed by atoms with van der Waals surface area (Å²) in [5.41, 5.74) is 6.19. The van der Waals surface area contributed by atoms with Gasteiger partial charge in [0.15, 0.2) is 0 Å². The first-order valence-corrected chi connectivity index (χ1v) is 5.93. The van der Waals surface area contributed by atoms with Crippen LogP contribution in [0.2, 0.25) is 0 Å². The number of nitrogens with zero attached hydrogens (tertiary/aromatic N) is 1. The van der Waals surface area contributed by atoms with Crippen molar-refractivity contribution in [2.75, 3.05) is 32.6 Å². The summed E-state index contributed by atoms with van der Waals surface area (Å²) in [6.45, 7) is 3.15. The predicted octanol–water partition coefficient (Wildman–Crippen LogP) is 0.913. The number of hydrogen-bond acceptors (Lipinski definition) is 4. The monoisotopic (exact) mass is 251 g/mol. The normalized spacial score (nSPS) is 12.3. The Bertz CT molecular complexity index is 374. The molecule has 0 aliphatic heterocycles. The minimum Gasteiger partial charge on any atom is -0.492 e. The number of nitrogens with two attached hydrogens (primary N) is 1. The van der Waals surface area contributed by atoms with Crippen molar-refractivity contribution in [2.24, 2.45) is 5.73 Å². The summed E-state index contributed by atoms with van der Waals surface area (Å²) in [5.74, 6) is 0.590. The molecule has 0 radical (unpaired) electrons. The van der Waals surface area contributed by atoms with E-state index >= 15 is 0 Å². The summed E-state index contributed by atoms with van der Waals surface area (Å²) in [6, 6.07) is 6.73. The van der Waals surface area contributed by atoms with E-state index in [9.17, 15) is 4.79 Å². The zero-order valence-electron chi connectivity index (χ0n) is 11.1. The maximum absolute atomic E-state index is 11.4. The Hall–Kier alpha value is -1.59. The molecule has 0 saturated carbocycles. The molecule has 0 heterocycles. The van der Waals surface area contributed by atoms with Gasteiger partial charge in [0.05, 0.1) is 6.04 Å². The van der Waals surface area contributed by atoms with Crippen LogP contribution in [-0.2, 0) is 4.79 Å². The van der Waals surface area contributed by atoms with Crippen molar-refractivity contribution in [1.29, 1.82) is 0 Å². The molecular weight excluding hydrogens is 230 g/mol. The fourth-order valence-corrected chi connectivity index (χ4v) is 1.24. The highest BCUT2D eigenvalue weighted by molar-refractivity contribution is 5.94. The van der Waals surface area contributed by atoms with Gasteiger partial charge in [-0.1, -0.05) is 0 Å². The molecule has 100 valence electrons. The van der Waals surface area contributed by atoms with E-state index in [2.05, 4.69) is 10.2 Å². The van der Waals surface area contributed by atoms with Crippen LogP contribution in [-0.4, -0.2) is 44.1 Å². The fourth-order valence-electron chi connectivity index (χ4n) is 1.24. The van der Waals surface area contributed by atoms with E-state index in [0.717, 1.165) is 18.0 Å². The van der Waals surface area contributed by atoms with Crippen LogP contribution in [0.3, 0.4) is 0 Å². The number of benzene rings is 1. The molecule has 1 aromatic rings. The number of ether oxygens (including phenoxy) is 1. The molecule has 3 N–H and O–H groups in total. The van der Waals surface area contributed by atoms with Gasteiger partial charge in [0.2, 0.25) is 5.91 Å². The Labute approximate surface area is 108 Å². The van der Waals surface area contributed by atoms with Gasteiger partial charge in [0.1, 0.15) is 12.4 Å². The summed E-state index contributed by atoms with van der Waals surface area (Å²) in [6.07, 6.45) is 0. The highest BCUT2D eigenvalue weighted by Gasteiger charge is 2.07. The lowest BCUT2D eigenvalue weighted by Gasteiger charge is -2.12. The Kier molecular flexibility index (Phi) is 5.61. The molecule has 5 nitrogen and oxygen atoms in total. The molecular formula is C13H21N3O2. The largest absolute Gasteiger partial charge is 0.492 e. The van der Waals surface area contributed by atoms with E-state index in [1.807, 2.05) is 26.2 Å². The van der Waals surface area contributed by atoms with Crippen LogP contribution in [0.25, 0.3) is 0 Å². The van der Waals surface area contributed by atoms with E-state index in [1.54, 1.807) is 19.1 Å². The van der Waals surface area contributed by atoms with Gasteiger partial charge in [0.25, 0.3) is 0 Å². The molecule has 0 aliphatic rings. The van der Waals surface area contributed by atoms with Crippen molar-refractivity contribution < 1.29 is 9.53 Å². The number of hydrogen-bond donors (Lipinski definition) is 2. The number of carbonyl (C=O) groups is 1. The summed E-state index contributed by atoms with van der Waals surface area (Å²) in [5, 5.41) is 2.72. The van der Waals surface area contributed by atoms with Crippen molar-refractivity contribution in [3.05, 3.63) is 24.3 Å². The van der Waals surface area contributed by atoms with E-state index in [4.69, 9.17) is 10.5 Å². The van der Waals surface area contributed by atoms with Crippen LogP contribution in [0.15, 0.2) is 24.3 Å². The van der Waals surface area contributed by atoms with Crippen LogP contribution in [0.4, 0.5) is 5.69 Å². The van der Waals surface area contributed by atoms with Crippen LogP contribution in [0.5, 0.6) is 5.75 Å². The first kappa shape index (κ1) is 14.5. The molecule has 1 aromatic carbocycles. The molecule has 1 amide bonds. The van der Waals surface area contributed by atoms with Gasteiger partial charge in [-0.25, -0.2) is 0 Å². The third-order valence-corrected chi connectivity index (χ3v) is 2.34. The Morgan fingerprint density at radius 2 is 2.00 bits per heavy atom. The molecule has 0 aromatic heterocycles. The lowest BCUT2D eigenvalue weighted by atomic mass is 10.2. The molecule has 0 saturated heterocycles. The van der Waals surface area contributed by atoms with E-state index in [0.29, 0.717) is 6.61 Å². The standard InChI is InChI=1S/C13H21N3O2/c1-10(14)13(17)15-11-4-6-12(7-5-11)18-9-8-16(2)3/h4-7,10H,8-9,14H2,1-3H3,(H,15,17)/t10-/m1/s1. The second-order valence-corrected chi connectivity index (χ2v) is 4.45. The zero-order chi connectivity index (χ0) is 13.5. The van der Waals surface area contributed by atoms with E-state index < -0.39 is 6.04 Å². The quantitative estimate of drug-likeness (QED) is 0.788. The van der Waals surface area contributed by atoms with Gasteiger partial charge < -0.3 is 20.7 Å². The van der Waals surface area contributed by atoms with Gasteiger partial charge in [-0.3, -0.25) is 4.79 Å². The number of nitrogens with one attached hydrogen (secondary N) is 1. The van der Waals surface area contributed by atoms with Crippen LogP contribution in [0.1, 0.15) is 6.92 Å². The maximum Gasteiger partial charge on any atom is 0.240 e. The predicted molar refractivity (Wildman–Crippen MR) is 72.8 cm³/mol. The Balaban J connectivity index is 2.45. The topological polar surface area (TPSA) is 67.6 Å². The lowest BCUT2D eigenvalue weighted by molar-refractivity contribution is -0.117. The average molecular weight is 251 g/mol. The highest BCUT2D eigenvalue weighted by Crippen LogP contribution is 2.15. The third kappa shape index (κ3) is 5.16. The van der Waals surface area contributed by atoms with Gasteiger partial charge in [0, 0.05) is 12.2 Å². The van der Waals surface area contributed by atoms with Crippen molar-refractivity contribution in [3.8, 4) is 5.75 Å². The second-order valence-electron chi connectivity index (χ2n) is 4.45. The van der Waals surface area contributed by atoms with Gasteiger partial charge in [-0.2, -0.15) is 0 Å². The average Bonchev–Trinajstić information content (AvgIpc) is 2.30. The number of rotatable bonds is 6. The molecule has 0 unspecified atom stereocenters. The summed E-state index contributed by atoms with van der Waals surface area (Å²) < 4.78 is 5.55. The van der Waals surface area contributed by atoms with E-state index in [-0.39, 0.29) is 5.91 Å². The Morgan fingerprint density at radius 1 is 1.39 bits per heavy atom. The highest BCUT2D eigenvalue weighted by atomic mass is 16.5. The SMILES string of the molecule is C[C@@H](N)C(=O)Nc1ccc(OCCN(C)C)cc1. The minimum absolute atomic E-state index is 0.198. The molecule has 5 heteroatoms. The number of amides is 1. The summed E-state index contributed by atoms with van der Waals surface area (Å²) >= 11 is 0. The molecule has 0 fully saturated rings. The molecule has 1 rings (SSSR count). The van der Waals surface area contributed by atoms with Gasteiger partial charge in [-0.05, 0) is 45.3 Å². The molecule has 0 aliphatic carbocycles. The molecule has 1 atom stereocenters.